The lowest BCUT2D eigenvalue weighted by molar-refractivity contribution is 0.0727. The molecular weight excluding hydrogens is 202 g/mol. The van der Waals surface area contributed by atoms with Crippen LogP contribution >= 0.6 is 0 Å². The van der Waals surface area contributed by atoms with Crippen LogP contribution in [0.4, 0.5) is 0 Å². The summed E-state index contributed by atoms with van der Waals surface area (Å²) >= 11 is 0. The summed E-state index contributed by atoms with van der Waals surface area (Å²) in [4.78, 5) is 0. The lowest BCUT2D eigenvalue weighted by atomic mass is 9.90. The van der Waals surface area contributed by atoms with Gasteiger partial charge in [0.25, 0.3) is 0 Å². The second-order valence-electron chi connectivity index (χ2n) is 6.23. The van der Waals surface area contributed by atoms with Crippen molar-refractivity contribution in [2.45, 2.75) is 70.8 Å². The van der Waals surface area contributed by atoms with E-state index in [9.17, 15) is 0 Å². The van der Waals surface area contributed by atoms with Gasteiger partial charge in [-0.3, -0.25) is 0 Å². The lowest BCUT2D eigenvalue weighted by Crippen LogP contribution is -2.52. The minimum atomic E-state index is -1.52. The van der Waals surface area contributed by atoms with Crippen molar-refractivity contribution in [1.29, 1.82) is 0 Å². The Morgan fingerprint density at radius 3 is 2.20 bits per heavy atom. The summed E-state index contributed by atoms with van der Waals surface area (Å²) in [5, 5.41) is 3.82. The molecule has 90 valence electrons. The van der Waals surface area contributed by atoms with Crippen molar-refractivity contribution in [3.05, 3.63) is 0 Å². The van der Waals surface area contributed by atoms with Gasteiger partial charge in [-0.05, 0) is 37.5 Å². The molecule has 2 nitrogen and oxygen atoms in total. The monoisotopic (exact) mass is 229 g/mol. The van der Waals surface area contributed by atoms with Crippen molar-refractivity contribution >= 4 is 8.32 Å². The van der Waals surface area contributed by atoms with Gasteiger partial charge in [-0.15, -0.1) is 0 Å². The molecule has 0 atom stereocenters. The normalized spacial score (nSPS) is 27.6. The first kappa shape index (κ1) is 13.2. The molecule has 0 saturated heterocycles. The molecule has 0 aromatic rings. The summed E-state index contributed by atoms with van der Waals surface area (Å²) in [5.41, 5.74) is 0. The minimum Gasteiger partial charge on any atom is -0.414 e. The first-order chi connectivity index (χ1) is 6.76. The van der Waals surface area contributed by atoms with Crippen LogP contribution in [0.2, 0.25) is 18.1 Å². The van der Waals surface area contributed by atoms with Crippen LogP contribution in [0.25, 0.3) is 0 Å². The molecule has 0 radical (unpaired) electrons. The van der Waals surface area contributed by atoms with Crippen LogP contribution in [-0.4, -0.2) is 27.0 Å². The Kier molecular flexibility index (Phi) is 4.01. The van der Waals surface area contributed by atoms with Gasteiger partial charge in [-0.25, -0.2) is 0 Å². The van der Waals surface area contributed by atoms with Gasteiger partial charge in [0.15, 0.2) is 8.32 Å². The van der Waals surface area contributed by atoms with E-state index < -0.39 is 8.32 Å². The summed E-state index contributed by atoms with van der Waals surface area (Å²) in [5.74, 6) is 0. The minimum absolute atomic E-state index is 0.344. The Balaban J connectivity index is 2.33. The topological polar surface area (TPSA) is 21.3 Å². The fraction of sp³-hybridized carbons (Fsp3) is 1.00. The van der Waals surface area contributed by atoms with Crippen molar-refractivity contribution < 1.29 is 4.43 Å². The lowest BCUT2D eigenvalue weighted by Gasteiger charge is -2.45. The van der Waals surface area contributed by atoms with E-state index in [1.165, 1.54) is 12.8 Å². The third-order valence-electron chi connectivity index (χ3n) is 3.86. The Hall–Kier alpha value is 0.137. The molecule has 1 rings (SSSR count). The van der Waals surface area contributed by atoms with E-state index in [4.69, 9.17) is 4.43 Å². The van der Waals surface area contributed by atoms with Gasteiger partial charge in [-0.1, -0.05) is 27.7 Å². The number of hydrogen-bond acceptors (Lipinski definition) is 2. The Morgan fingerprint density at radius 2 is 1.80 bits per heavy atom. The average molecular weight is 229 g/mol. The Labute approximate surface area is 95.9 Å². The largest absolute Gasteiger partial charge is 0.414 e. The number of nitrogens with one attached hydrogen (secondary N) is 1. The van der Waals surface area contributed by atoms with E-state index in [2.05, 4.69) is 46.1 Å². The maximum absolute atomic E-state index is 6.31. The van der Waals surface area contributed by atoms with Gasteiger partial charge in [0, 0.05) is 12.1 Å². The molecule has 0 heterocycles. The van der Waals surface area contributed by atoms with Gasteiger partial charge in [-0.2, -0.15) is 0 Å². The second-order valence-corrected chi connectivity index (χ2v) is 11.0. The molecule has 3 heteroatoms. The SMILES string of the molecule is CCNC1CC(O[Si](C)(C)C(C)(C)C)C1. The molecule has 0 bridgehead atoms. The van der Waals surface area contributed by atoms with Crippen molar-refractivity contribution in [3.63, 3.8) is 0 Å². The van der Waals surface area contributed by atoms with E-state index in [0.717, 1.165) is 6.54 Å². The number of hydrogen-bond donors (Lipinski definition) is 1. The van der Waals surface area contributed by atoms with Crippen LogP contribution in [0.3, 0.4) is 0 Å². The van der Waals surface area contributed by atoms with Gasteiger partial charge in [0.2, 0.25) is 0 Å². The van der Waals surface area contributed by atoms with Crippen LogP contribution in [-0.2, 0) is 4.43 Å². The zero-order chi connectivity index (χ0) is 11.7. The number of rotatable bonds is 4. The van der Waals surface area contributed by atoms with Gasteiger partial charge >= 0.3 is 0 Å². The second kappa shape index (κ2) is 4.56. The summed E-state index contributed by atoms with van der Waals surface area (Å²) in [6, 6.07) is 0.713. The maximum Gasteiger partial charge on any atom is 0.192 e. The molecule has 0 spiro atoms. The van der Waals surface area contributed by atoms with Crippen LogP contribution in [0.5, 0.6) is 0 Å². The van der Waals surface area contributed by atoms with Crippen LogP contribution in [0.15, 0.2) is 0 Å². The van der Waals surface area contributed by atoms with Gasteiger partial charge in [0.05, 0.1) is 0 Å². The standard InChI is InChI=1S/C12H27NOSi/c1-7-13-10-8-11(9-10)14-15(5,6)12(2,3)4/h10-11,13H,7-9H2,1-6H3. The molecule has 1 aliphatic rings. The third kappa shape index (κ3) is 3.30. The molecule has 1 N–H and O–H groups in total. The highest BCUT2D eigenvalue weighted by atomic mass is 28.4. The summed E-state index contributed by atoms with van der Waals surface area (Å²) in [6.45, 7) is 14.8. The third-order valence-corrected chi connectivity index (χ3v) is 8.39. The summed E-state index contributed by atoms with van der Waals surface area (Å²) in [6.07, 6.45) is 2.94. The van der Waals surface area contributed by atoms with E-state index >= 15 is 0 Å². The molecule has 15 heavy (non-hydrogen) atoms. The van der Waals surface area contributed by atoms with Gasteiger partial charge in [0.1, 0.15) is 0 Å². The van der Waals surface area contributed by atoms with Gasteiger partial charge < -0.3 is 9.74 Å². The molecule has 0 aromatic carbocycles. The first-order valence-electron chi connectivity index (χ1n) is 6.17. The van der Waals surface area contributed by atoms with E-state index in [1.807, 2.05) is 0 Å². The van der Waals surface area contributed by atoms with E-state index in [-0.39, 0.29) is 0 Å². The summed E-state index contributed by atoms with van der Waals surface area (Å²) < 4.78 is 6.31. The first-order valence-corrected chi connectivity index (χ1v) is 9.08. The van der Waals surface area contributed by atoms with Crippen LogP contribution in [0, 0.1) is 0 Å². The zero-order valence-electron chi connectivity index (χ0n) is 11.2. The molecule has 0 amide bonds. The molecular formula is C12H27NOSi. The zero-order valence-corrected chi connectivity index (χ0v) is 12.2. The van der Waals surface area contributed by atoms with E-state index in [1.54, 1.807) is 0 Å². The maximum atomic E-state index is 6.31. The van der Waals surface area contributed by atoms with E-state index in [0.29, 0.717) is 17.2 Å². The summed E-state index contributed by atoms with van der Waals surface area (Å²) in [7, 11) is -1.52. The van der Waals surface area contributed by atoms with Crippen LogP contribution in [0.1, 0.15) is 40.5 Å². The average Bonchev–Trinajstić information content (AvgIpc) is 1.98. The molecule has 0 unspecified atom stereocenters. The molecule has 1 fully saturated rings. The molecule has 1 aliphatic carbocycles. The molecule has 0 aromatic heterocycles. The fourth-order valence-corrected chi connectivity index (χ4v) is 3.09. The van der Waals surface area contributed by atoms with Crippen LogP contribution < -0.4 is 5.32 Å². The highest BCUT2D eigenvalue weighted by Crippen LogP contribution is 2.39. The van der Waals surface area contributed by atoms with Crippen molar-refractivity contribution in [1.82, 2.24) is 5.32 Å². The fourth-order valence-electron chi connectivity index (χ4n) is 1.71. The molecule has 1 saturated carbocycles. The highest BCUT2D eigenvalue weighted by molar-refractivity contribution is 6.74. The highest BCUT2D eigenvalue weighted by Gasteiger charge is 2.42. The smallest absolute Gasteiger partial charge is 0.192 e. The molecule has 0 aliphatic heterocycles. The predicted molar refractivity (Wildman–Crippen MR) is 68.8 cm³/mol. The Morgan fingerprint density at radius 1 is 1.27 bits per heavy atom. The predicted octanol–water partition coefficient (Wildman–Crippen LogP) is 3.15. The Bertz CT molecular complexity index is 204. The quantitative estimate of drug-likeness (QED) is 0.748. The van der Waals surface area contributed by atoms with Crippen molar-refractivity contribution in [3.8, 4) is 0 Å². The van der Waals surface area contributed by atoms with Crippen molar-refractivity contribution in [2.24, 2.45) is 0 Å². The van der Waals surface area contributed by atoms with Crippen molar-refractivity contribution in [2.75, 3.05) is 6.54 Å².